The van der Waals surface area contributed by atoms with E-state index in [1.807, 2.05) is 13.8 Å². The van der Waals surface area contributed by atoms with Crippen LogP contribution in [0.25, 0.3) is 0 Å². The van der Waals surface area contributed by atoms with Gasteiger partial charge in [0.2, 0.25) is 0 Å². The molecule has 0 atom stereocenters. The fourth-order valence-corrected chi connectivity index (χ4v) is 1.18. The van der Waals surface area contributed by atoms with Crippen molar-refractivity contribution in [3.05, 3.63) is 23.5 Å². The van der Waals surface area contributed by atoms with E-state index in [2.05, 4.69) is 9.72 Å². The number of methoxy groups -OCH3 is 1. The number of ether oxygens (including phenoxy) is 2. The van der Waals surface area contributed by atoms with Crippen LogP contribution in [-0.2, 0) is 4.74 Å². The van der Waals surface area contributed by atoms with Crippen molar-refractivity contribution in [2.75, 3.05) is 13.7 Å². The zero-order valence-electron chi connectivity index (χ0n) is 10.5. The minimum absolute atomic E-state index is 0.0249. The average molecular weight is 253 g/mol. The highest BCUT2D eigenvalue weighted by atomic mass is 16.5. The lowest BCUT2D eigenvalue weighted by Gasteiger charge is -2.11. The molecule has 1 aromatic rings. The molecule has 1 aromatic heterocycles. The maximum atomic E-state index is 11.4. The Kier molecular flexibility index (Phi) is 4.65. The van der Waals surface area contributed by atoms with E-state index in [4.69, 9.17) is 9.84 Å². The lowest BCUT2D eigenvalue weighted by molar-refractivity contribution is 0.0585. The Morgan fingerprint density at radius 2 is 2.11 bits per heavy atom. The number of hydrogen-bond donors (Lipinski definition) is 1. The highest BCUT2D eigenvalue weighted by Crippen LogP contribution is 2.19. The molecular weight excluding hydrogens is 238 g/mol. The molecule has 0 aromatic carbocycles. The molecule has 0 aliphatic carbocycles. The summed E-state index contributed by atoms with van der Waals surface area (Å²) in [4.78, 5) is 26.0. The number of hydrogen-bond acceptors (Lipinski definition) is 5. The summed E-state index contributed by atoms with van der Waals surface area (Å²) in [6.45, 7) is 4.23. The molecule has 0 fully saturated rings. The van der Waals surface area contributed by atoms with E-state index in [1.54, 1.807) is 0 Å². The summed E-state index contributed by atoms with van der Waals surface area (Å²) in [5.74, 6) is -1.43. The Hall–Kier alpha value is -2.11. The third-order valence-electron chi connectivity index (χ3n) is 2.05. The van der Waals surface area contributed by atoms with Gasteiger partial charge in [0.1, 0.15) is 0 Å². The molecule has 0 amide bonds. The van der Waals surface area contributed by atoms with E-state index in [0.29, 0.717) is 6.61 Å². The van der Waals surface area contributed by atoms with Gasteiger partial charge >= 0.3 is 11.9 Å². The number of aromatic nitrogens is 1. The average Bonchev–Trinajstić information content (AvgIpc) is 2.34. The molecule has 6 nitrogen and oxygen atoms in total. The molecule has 18 heavy (non-hydrogen) atoms. The quantitative estimate of drug-likeness (QED) is 0.802. The van der Waals surface area contributed by atoms with Crippen molar-refractivity contribution in [3.63, 3.8) is 0 Å². The molecule has 0 saturated heterocycles. The predicted molar refractivity (Wildman–Crippen MR) is 62.9 cm³/mol. The predicted octanol–water partition coefficient (Wildman–Crippen LogP) is 1.60. The number of pyridine rings is 1. The lowest BCUT2D eigenvalue weighted by atomic mass is 10.2. The molecule has 0 spiro atoms. The van der Waals surface area contributed by atoms with Gasteiger partial charge in [-0.2, -0.15) is 0 Å². The van der Waals surface area contributed by atoms with Crippen LogP contribution in [0.15, 0.2) is 12.3 Å². The van der Waals surface area contributed by atoms with E-state index in [0.717, 1.165) is 6.20 Å². The Balaban J connectivity index is 3.09. The highest BCUT2D eigenvalue weighted by Gasteiger charge is 2.18. The Morgan fingerprint density at radius 3 is 2.61 bits per heavy atom. The van der Waals surface area contributed by atoms with Crippen LogP contribution in [0, 0.1) is 5.92 Å². The van der Waals surface area contributed by atoms with Gasteiger partial charge in [0.25, 0.3) is 0 Å². The van der Waals surface area contributed by atoms with Gasteiger partial charge in [0.15, 0.2) is 11.4 Å². The number of carboxylic acids is 1. The number of aromatic carboxylic acids is 1. The van der Waals surface area contributed by atoms with Gasteiger partial charge in [0, 0.05) is 6.20 Å². The van der Waals surface area contributed by atoms with Crippen LogP contribution in [0.2, 0.25) is 0 Å². The molecule has 0 saturated carbocycles. The number of esters is 1. The summed E-state index contributed by atoms with van der Waals surface area (Å²) in [5, 5.41) is 8.86. The van der Waals surface area contributed by atoms with Gasteiger partial charge in [0.05, 0.1) is 19.3 Å². The van der Waals surface area contributed by atoms with Crippen molar-refractivity contribution in [2.45, 2.75) is 13.8 Å². The summed E-state index contributed by atoms with van der Waals surface area (Å²) in [7, 11) is 1.22. The molecule has 0 aliphatic heterocycles. The summed E-state index contributed by atoms with van der Waals surface area (Å²) in [6.07, 6.45) is 1.09. The molecule has 1 rings (SSSR count). The Morgan fingerprint density at radius 1 is 1.44 bits per heavy atom. The monoisotopic (exact) mass is 253 g/mol. The summed E-state index contributed by atoms with van der Waals surface area (Å²) >= 11 is 0. The zero-order chi connectivity index (χ0) is 13.7. The van der Waals surface area contributed by atoms with Crippen LogP contribution in [-0.4, -0.2) is 35.7 Å². The molecule has 6 heteroatoms. The van der Waals surface area contributed by atoms with Crippen LogP contribution >= 0.6 is 0 Å². The molecule has 1 N–H and O–H groups in total. The molecular formula is C12H15NO5. The van der Waals surface area contributed by atoms with Crippen molar-refractivity contribution < 1.29 is 24.2 Å². The lowest BCUT2D eigenvalue weighted by Crippen LogP contribution is -2.12. The first-order valence-corrected chi connectivity index (χ1v) is 5.40. The number of rotatable bonds is 5. The van der Waals surface area contributed by atoms with Gasteiger partial charge in [-0.25, -0.2) is 14.6 Å². The fourth-order valence-electron chi connectivity index (χ4n) is 1.18. The number of carbonyl (C=O) groups excluding carboxylic acids is 1. The molecule has 0 unspecified atom stereocenters. The van der Waals surface area contributed by atoms with E-state index >= 15 is 0 Å². The van der Waals surface area contributed by atoms with Gasteiger partial charge < -0.3 is 14.6 Å². The minimum Gasteiger partial charge on any atom is -0.491 e. The summed E-state index contributed by atoms with van der Waals surface area (Å²) in [6, 6.07) is 1.27. The first-order valence-electron chi connectivity index (χ1n) is 5.40. The first kappa shape index (κ1) is 14.0. The summed E-state index contributed by atoms with van der Waals surface area (Å²) < 4.78 is 9.94. The van der Waals surface area contributed by atoms with Crippen LogP contribution < -0.4 is 4.74 Å². The molecule has 98 valence electrons. The highest BCUT2D eigenvalue weighted by molar-refractivity contribution is 5.93. The van der Waals surface area contributed by atoms with Crippen molar-refractivity contribution in [1.29, 1.82) is 0 Å². The second kappa shape index (κ2) is 6.00. The van der Waals surface area contributed by atoms with Gasteiger partial charge in [-0.15, -0.1) is 0 Å². The Bertz CT molecular complexity index is 456. The van der Waals surface area contributed by atoms with Crippen molar-refractivity contribution >= 4 is 11.9 Å². The largest absolute Gasteiger partial charge is 0.491 e. The molecule has 0 bridgehead atoms. The first-order chi connectivity index (χ1) is 8.45. The van der Waals surface area contributed by atoms with Gasteiger partial charge in [-0.1, -0.05) is 13.8 Å². The van der Waals surface area contributed by atoms with Crippen molar-refractivity contribution in [2.24, 2.45) is 5.92 Å². The van der Waals surface area contributed by atoms with Crippen LogP contribution in [0.1, 0.15) is 34.7 Å². The Labute approximate surface area is 105 Å². The van der Waals surface area contributed by atoms with Gasteiger partial charge in [-0.05, 0) is 12.0 Å². The normalized spacial score (nSPS) is 10.2. The molecule has 0 aliphatic rings. The van der Waals surface area contributed by atoms with Crippen molar-refractivity contribution in [1.82, 2.24) is 4.98 Å². The maximum absolute atomic E-state index is 11.4. The van der Waals surface area contributed by atoms with Crippen LogP contribution in [0.4, 0.5) is 0 Å². The van der Waals surface area contributed by atoms with Crippen molar-refractivity contribution in [3.8, 4) is 5.75 Å². The third-order valence-corrected chi connectivity index (χ3v) is 2.05. The van der Waals surface area contributed by atoms with Crippen LogP contribution in [0.3, 0.4) is 0 Å². The SMILES string of the molecule is COC(=O)c1ncc(C(=O)O)cc1OCC(C)C. The maximum Gasteiger partial charge on any atom is 0.360 e. The van der Waals surface area contributed by atoms with E-state index in [-0.39, 0.29) is 22.9 Å². The third kappa shape index (κ3) is 3.44. The topological polar surface area (TPSA) is 85.7 Å². The standard InChI is InChI=1S/C12H15NO5/c1-7(2)6-18-9-4-8(11(14)15)5-13-10(9)12(16)17-3/h4-5,7H,6H2,1-3H3,(H,14,15). The second-order valence-corrected chi connectivity index (χ2v) is 4.07. The van der Waals surface area contributed by atoms with E-state index < -0.39 is 11.9 Å². The number of carboxylic acid groups (broad SMARTS) is 1. The fraction of sp³-hybridized carbons (Fsp3) is 0.417. The smallest absolute Gasteiger partial charge is 0.360 e. The van der Waals surface area contributed by atoms with E-state index in [1.165, 1.54) is 13.2 Å². The van der Waals surface area contributed by atoms with E-state index in [9.17, 15) is 9.59 Å². The zero-order valence-corrected chi connectivity index (χ0v) is 10.5. The number of nitrogens with zero attached hydrogens (tertiary/aromatic N) is 1. The number of carbonyl (C=O) groups is 2. The molecule has 1 heterocycles. The minimum atomic E-state index is -1.13. The summed E-state index contributed by atoms with van der Waals surface area (Å²) in [5.41, 5.74) is -0.0652. The van der Waals surface area contributed by atoms with Crippen LogP contribution in [0.5, 0.6) is 5.75 Å². The second-order valence-electron chi connectivity index (χ2n) is 4.07. The van der Waals surface area contributed by atoms with Gasteiger partial charge in [-0.3, -0.25) is 0 Å². The molecule has 0 radical (unpaired) electrons.